The summed E-state index contributed by atoms with van der Waals surface area (Å²) in [6, 6.07) is 1.42. The highest BCUT2D eigenvalue weighted by atomic mass is 35.5. The van der Waals surface area contributed by atoms with Gasteiger partial charge in [0.2, 0.25) is 11.0 Å². The van der Waals surface area contributed by atoms with Gasteiger partial charge in [0, 0.05) is 82.9 Å². The number of hydrogen-bond acceptors (Lipinski definition) is 19. The van der Waals surface area contributed by atoms with E-state index in [-0.39, 0.29) is 60.9 Å². The molecule has 3 amide bonds. The number of carbonyl (C=O) groups excluding carboxylic acids is 3. The number of H-pyrrole nitrogens is 5. The molecular formula is C63H93Cl2F2N19O13. The third kappa shape index (κ3) is 27.4. The van der Waals surface area contributed by atoms with Gasteiger partial charge in [0.15, 0.2) is 0 Å². The molecule has 8 rings (SSSR count). The number of aromatic amines is 5. The summed E-state index contributed by atoms with van der Waals surface area (Å²) in [6.07, 6.45) is 8.44. The summed E-state index contributed by atoms with van der Waals surface area (Å²) < 4.78 is 31.1. The Balaban J connectivity index is 0.000000566. The molecule has 0 aromatic carbocycles. The van der Waals surface area contributed by atoms with Crippen molar-refractivity contribution in [2.24, 2.45) is 7.05 Å². The van der Waals surface area contributed by atoms with Crippen LogP contribution in [0.1, 0.15) is 158 Å². The molecule has 36 heteroatoms. The van der Waals surface area contributed by atoms with Gasteiger partial charge in [0.1, 0.15) is 28.7 Å². The Bertz CT molecular complexity index is 4430. The van der Waals surface area contributed by atoms with Gasteiger partial charge in [-0.05, 0) is 159 Å². The van der Waals surface area contributed by atoms with E-state index >= 15 is 0 Å². The summed E-state index contributed by atoms with van der Waals surface area (Å²) in [5.41, 5.74) is -6.02. The molecule has 0 saturated heterocycles. The predicted molar refractivity (Wildman–Crippen MR) is 374 cm³/mol. The Hall–Kier alpha value is -10.1. The number of allylic oxidation sites excluding steroid dienone is 1. The van der Waals surface area contributed by atoms with Crippen molar-refractivity contribution in [2.75, 3.05) is 0 Å². The molecule has 546 valence electrons. The maximum absolute atomic E-state index is 12.9. The van der Waals surface area contributed by atoms with Crippen LogP contribution in [0, 0.1) is 12.9 Å². The maximum Gasteiger partial charge on any atom is 0.345 e. The number of rotatable bonds is 0. The van der Waals surface area contributed by atoms with Crippen LogP contribution < -0.4 is 72.2 Å². The summed E-state index contributed by atoms with van der Waals surface area (Å²) in [7, 11) is 1.24. The molecule has 0 fully saturated rings. The Kier molecular flexibility index (Phi) is 29.8. The normalized spacial score (nSPS) is 14.0. The van der Waals surface area contributed by atoms with Crippen LogP contribution in [0.2, 0.25) is 10.2 Å². The lowest BCUT2D eigenvalue weighted by Gasteiger charge is -2.41. The lowest BCUT2D eigenvalue weighted by molar-refractivity contribution is -0.119. The lowest BCUT2D eigenvalue weighted by atomic mass is 10.0. The summed E-state index contributed by atoms with van der Waals surface area (Å²) in [6.45, 7) is 55.1. The second-order valence-corrected chi connectivity index (χ2v) is 29.4. The number of nitrogens with zero attached hydrogens (tertiary/aromatic N) is 11. The summed E-state index contributed by atoms with van der Waals surface area (Å²) in [5.74, 6) is -1.25. The molecule has 0 radical (unpaired) electrons. The highest BCUT2D eigenvalue weighted by molar-refractivity contribution is 6.30. The first kappa shape index (κ1) is 86.9. The number of amides is 3. The van der Waals surface area contributed by atoms with Crippen molar-refractivity contribution in [1.82, 2.24) is 94.0 Å². The predicted octanol–water partition coefficient (Wildman–Crippen LogP) is 4.47. The lowest BCUT2D eigenvalue weighted by Crippen LogP contribution is -2.47. The van der Waals surface area contributed by atoms with E-state index in [1.54, 1.807) is 54.4 Å². The van der Waals surface area contributed by atoms with Crippen LogP contribution >= 0.6 is 23.2 Å². The molecule has 0 bridgehead atoms. The van der Waals surface area contributed by atoms with Crippen molar-refractivity contribution < 1.29 is 23.2 Å². The molecule has 0 spiro atoms. The standard InChI is InChI=1S/C10H16N2O.C9H13FN2O.C9H14N2O2.C9H14N2O.C8H11ClN2O2.C7H10ClN3O2.C7H11N3O2.C4H4FN3O2/c1-7-6-9(13)11-8(2)12(7)10(3,4)5;1-6-11-8(13)7(10)5-12(6)9(2,3)4;1-6-5-7(12)10-8(13)11(6)9(2,3)4;1-7-10-8(12)5-6-11(7)9(2,3)4;1-8(2,3)11-4-5(9)6(12)10-7(11)13;1-7(2,3)11-6(13)9-5(12)4(8)10-11;1-7(2,3)10-6(12)9-5(11)4-8-10;1-8-4(10)6-3(9)2(5)7-8/h6H,2H2,1,3-5H3,(H,11,13);5H,1H2,2-4H3,(H,11,13);5H,1-4H3,(H,10,12,13);5-6H,1H2,2-4H3,(H,10,12);4H,1-3H3,(H,10,12,13);1-3H3,(H,9,12,13);4H,1-3H3,(H,9,11,12);1H3,(H,6,9,10). The number of aryl methyl sites for hydroxylation is 2. The fourth-order valence-electron chi connectivity index (χ4n) is 8.35. The zero-order valence-electron chi connectivity index (χ0n) is 60.4. The van der Waals surface area contributed by atoms with Gasteiger partial charge in [-0.15, -0.1) is 5.10 Å². The summed E-state index contributed by atoms with van der Waals surface area (Å²) in [5, 5.41) is 17.8. The molecule has 5 aromatic heterocycles. The van der Waals surface area contributed by atoms with Crippen LogP contribution in [0.15, 0.2) is 140 Å². The Morgan fingerprint density at radius 3 is 1.39 bits per heavy atom. The van der Waals surface area contributed by atoms with Crippen LogP contribution in [0.4, 0.5) is 8.78 Å². The van der Waals surface area contributed by atoms with Crippen LogP contribution in [0.25, 0.3) is 0 Å². The number of hydrogen-bond donors (Lipinski definition) is 8. The molecule has 32 nitrogen and oxygen atoms in total. The second kappa shape index (κ2) is 33.9. The van der Waals surface area contributed by atoms with Gasteiger partial charge in [0.05, 0.1) is 11.1 Å². The minimum atomic E-state index is -1.21. The van der Waals surface area contributed by atoms with Crippen molar-refractivity contribution in [1.29, 1.82) is 0 Å². The third-order valence-electron chi connectivity index (χ3n) is 12.4. The maximum atomic E-state index is 12.9. The minimum Gasteiger partial charge on any atom is -0.330 e. The summed E-state index contributed by atoms with van der Waals surface area (Å²) in [4.78, 5) is 158. The van der Waals surface area contributed by atoms with Gasteiger partial charge in [-0.1, -0.05) is 42.9 Å². The monoisotopic (exact) mass is 1430 g/mol. The number of aromatic nitrogens is 13. The van der Waals surface area contributed by atoms with Gasteiger partial charge < -0.3 is 30.7 Å². The van der Waals surface area contributed by atoms with Crippen molar-refractivity contribution in [3.8, 4) is 0 Å². The summed E-state index contributed by atoms with van der Waals surface area (Å²) >= 11 is 11.1. The molecule has 8 heterocycles. The van der Waals surface area contributed by atoms with Gasteiger partial charge in [0.25, 0.3) is 45.9 Å². The highest BCUT2D eigenvalue weighted by Gasteiger charge is 2.30. The number of nitrogens with one attached hydrogen (secondary N) is 8. The smallest absolute Gasteiger partial charge is 0.330 e. The quantitative estimate of drug-likeness (QED) is 0.106. The Labute approximate surface area is 578 Å². The van der Waals surface area contributed by atoms with Crippen molar-refractivity contribution in [3.05, 3.63) is 218 Å². The molecule has 0 aliphatic carbocycles. The average Bonchev–Trinajstić information content (AvgIpc) is 0.836. The van der Waals surface area contributed by atoms with E-state index in [4.69, 9.17) is 23.2 Å². The second-order valence-electron chi connectivity index (χ2n) is 28.6. The first-order chi connectivity index (χ1) is 44.5. The fraction of sp³-hybridized carbons (Fsp3) is 0.492. The molecule has 5 aromatic rings. The Morgan fingerprint density at radius 2 is 0.960 bits per heavy atom. The largest absolute Gasteiger partial charge is 0.345 e. The molecule has 0 unspecified atom stereocenters. The van der Waals surface area contributed by atoms with Gasteiger partial charge in [-0.3, -0.25) is 72.4 Å². The first-order valence-electron chi connectivity index (χ1n) is 29.9. The van der Waals surface area contributed by atoms with Gasteiger partial charge in [-0.25, -0.2) is 38.0 Å². The molecule has 99 heavy (non-hydrogen) atoms. The van der Waals surface area contributed by atoms with Crippen LogP contribution in [-0.4, -0.2) is 112 Å². The van der Waals surface area contributed by atoms with E-state index < -0.39 is 73.8 Å². The number of carbonyl (C=O) groups is 3. The zero-order chi connectivity index (χ0) is 77.5. The molecule has 0 atom stereocenters. The molecule has 3 aliphatic heterocycles. The van der Waals surface area contributed by atoms with E-state index in [1.807, 2.05) is 99.8 Å². The van der Waals surface area contributed by atoms with Crippen molar-refractivity contribution in [2.45, 2.75) is 198 Å². The van der Waals surface area contributed by atoms with E-state index in [0.717, 1.165) is 16.6 Å². The SMILES string of the molecule is C=C1NC(=O)C(F)=CN1C(C)(C)C.C=C1NC(=O)C=C(C)N1C(C)(C)C.C=C1NC(=O)C=CN1C(C)(C)C.CC(C)(C)n1cc(Cl)c(=O)[nH]c1=O.CC(C)(C)n1nc(Cl)c(=O)[nH]c1=O.CC(C)(C)n1ncc(=O)[nH]c1=O.Cc1cc(=O)[nH]c(=O)n1C(C)(C)C.Cn1nc(F)c(=O)[nH]c1=O. The van der Waals surface area contributed by atoms with Crippen LogP contribution in [0.3, 0.4) is 0 Å². The van der Waals surface area contributed by atoms with Crippen LogP contribution in [0.5, 0.6) is 0 Å². The highest BCUT2D eigenvalue weighted by Crippen LogP contribution is 2.26. The van der Waals surface area contributed by atoms with E-state index in [2.05, 4.69) is 112 Å². The molecule has 3 aliphatic rings. The third-order valence-corrected chi connectivity index (χ3v) is 12.9. The molecular weight excluding hydrogens is 1340 g/mol. The number of halogens is 4. The average molecular weight is 1430 g/mol. The first-order valence-corrected chi connectivity index (χ1v) is 30.7. The minimum absolute atomic E-state index is 0.0227. The van der Waals surface area contributed by atoms with Crippen molar-refractivity contribution >= 4 is 40.9 Å². The van der Waals surface area contributed by atoms with Gasteiger partial charge >= 0.3 is 34.0 Å². The molecule has 0 saturated carbocycles. The van der Waals surface area contributed by atoms with E-state index in [1.165, 1.54) is 40.8 Å². The topological polar surface area (TPSA) is 410 Å². The van der Waals surface area contributed by atoms with E-state index in [0.29, 0.717) is 27.8 Å². The van der Waals surface area contributed by atoms with Gasteiger partial charge in [-0.2, -0.15) is 19.0 Å². The zero-order valence-corrected chi connectivity index (χ0v) is 61.9. The molecule has 8 N–H and O–H groups in total. The van der Waals surface area contributed by atoms with E-state index in [9.17, 15) is 71.1 Å². The Morgan fingerprint density at radius 1 is 0.485 bits per heavy atom. The fourth-order valence-corrected chi connectivity index (χ4v) is 8.62. The van der Waals surface area contributed by atoms with Crippen molar-refractivity contribution in [3.63, 3.8) is 0 Å². The van der Waals surface area contributed by atoms with Crippen LogP contribution in [-0.2, 0) is 43.6 Å².